The molecule has 0 bridgehead atoms. The summed E-state index contributed by atoms with van der Waals surface area (Å²) in [6, 6.07) is 4.69. The number of rotatable bonds is 4. The summed E-state index contributed by atoms with van der Waals surface area (Å²) >= 11 is 3.14. The van der Waals surface area contributed by atoms with E-state index in [1.807, 2.05) is 0 Å². The van der Waals surface area contributed by atoms with E-state index >= 15 is 0 Å². The van der Waals surface area contributed by atoms with Gasteiger partial charge in [-0.05, 0) is 34.5 Å². The Labute approximate surface area is 95.0 Å². The number of aliphatic hydroxyl groups excluding tert-OH is 1. The van der Waals surface area contributed by atoms with Crippen LogP contribution in [-0.4, -0.2) is 18.3 Å². The van der Waals surface area contributed by atoms with Crippen molar-refractivity contribution in [2.24, 2.45) is 0 Å². The maximum atomic E-state index is 12.0. The van der Waals surface area contributed by atoms with Crippen LogP contribution in [0, 0.1) is 6.92 Å². The number of benzene rings is 1. The predicted molar refractivity (Wildman–Crippen MR) is 56.0 cm³/mol. The third-order valence-corrected chi connectivity index (χ3v) is 2.72. The van der Waals surface area contributed by atoms with Gasteiger partial charge >= 0.3 is 6.61 Å². The lowest BCUT2D eigenvalue weighted by atomic mass is 10.0. The molecule has 2 nitrogen and oxygen atoms in total. The fourth-order valence-corrected chi connectivity index (χ4v) is 1.81. The molecule has 0 aliphatic heterocycles. The van der Waals surface area contributed by atoms with E-state index in [0.29, 0.717) is 10.0 Å². The van der Waals surface area contributed by atoms with Crippen LogP contribution in [0.3, 0.4) is 0 Å². The molecule has 0 amide bonds. The van der Waals surface area contributed by atoms with Gasteiger partial charge in [-0.25, -0.2) is 0 Å². The summed E-state index contributed by atoms with van der Waals surface area (Å²) < 4.78 is 28.7. The number of ether oxygens (including phenoxy) is 1. The summed E-state index contributed by atoms with van der Waals surface area (Å²) in [6.45, 7) is 0.662. The molecule has 1 aromatic carbocycles. The largest absolute Gasteiger partial charge is 0.434 e. The third-order valence-electron chi connectivity index (χ3n) is 1.87. The first-order chi connectivity index (χ1) is 7.06. The zero-order valence-electron chi connectivity index (χ0n) is 7.79. The highest BCUT2D eigenvalue weighted by Gasteiger charge is 2.14. The highest BCUT2D eigenvalue weighted by Crippen LogP contribution is 2.33. The first-order valence-corrected chi connectivity index (χ1v) is 5.02. The maximum Gasteiger partial charge on any atom is 0.387 e. The Morgan fingerprint density at radius 1 is 1.47 bits per heavy atom. The van der Waals surface area contributed by atoms with E-state index in [9.17, 15) is 8.78 Å². The number of alkyl halides is 2. The lowest BCUT2D eigenvalue weighted by Gasteiger charge is -2.14. The van der Waals surface area contributed by atoms with E-state index in [1.165, 1.54) is 6.07 Å². The molecule has 0 heterocycles. The van der Waals surface area contributed by atoms with Crippen LogP contribution in [-0.2, 0) is 0 Å². The molecule has 1 aromatic rings. The van der Waals surface area contributed by atoms with Crippen molar-refractivity contribution in [1.82, 2.24) is 0 Å². The van der Waals surface area contributed by atoms with Gasteiger partial charge in [-0.15, -0.1) is 0 Å². The van der Waals surface area contributed by atoms with Gasteiger partial charge in [-0.2, -0.15) is 8.78 Å². The molecule has 0 saturated carbocycles. The molecule has 83 valence electrons. The Hall–Kier alpha value is -0.680. The molecule has 0 fully saturated rings. The molecule has 0 aliphatic carbocycles. The zero-order valence-corrected chi connectivity index (χ0v) is 9.38. The summed E-state index contributed by atoms with van der Waals surface area (Å²) in [4.78, 5) is 0. The van der Waals surface area contributed by atoms with Crippen LogP contribution in [0.5, 0.6) is 5.75 Å². The maximum absolute atomic E-state index is 12.0. The van der Waals surface area contributed by atoms with Gasteiger partial charge in [0.15, 0.2) is 0 Å². The first-order valence-electron chi connectivity index (χ1n) is 4.23. The normalized spacial score (nSPS) is 12.9. The average molecular weight is 280 g/mol. The fraction of sp³-hybridized carbons (Fsp3) is 0.300. The molecule has 1 radical (unpaired) electrons. The zero-order chi connectivity index (χ0) is 11.4. The summed E-state index contributed by atoms with van der Waals surface area (Å²) in [5.74, 6) is -0.329. The lowest BCUT2D eigenvalue weighted by Crippen LogP contribution is -2.05. The number of hydrogen-bond donors (Lipinski definition) is 1. The Bertz CT molecular complexity index is 331. The molecular weight excluding hydrogens is 270 g/mol. The van der Waals surface area contributed by atoms with Crippen LogP contribution >= 0.6 is 15.9 Å². The Kier molecular flexibility index (Phi) is 4.47. The van der Waals surface area contributed by atoms with Gasteiger partial charge < -0.3 is 9.84 Å². The molecular formula is C10H10BrF2O2. The Morgan fingerprint density at radius 3 is 2.67 bits per heavy atom. The van der Waals surface area contributed by atoms with Gasteiger partial charge in [0.1, 0.15) is 5.75 Å². The van der Waals surface area contributed by atoms with Crippen molar-refractivity contribution in [3.8, 4) is 5.75 Å². The minimum absolute atomic E-state index is 0.0459. The monoisotopic (exact) mass is 279 g/mol. The number of halogens is 3. The Balaban J connectivity index is 3.00. The van der Waals surface area contributed by atoms with Crippen molar-refractivity contribution >= 4 is 15.9 Å². The molecule has 0 spiro atoms. The third kappa shape index (κ3) is 3.14. The molecule has 1 rings (SSSR count). The van der Waals surface area contributed by atoms with Gasteiger partial charge in [-0.1, -0.05) is 12.1 Å². The highest BCUT2D eigenvalue weighted by atomic mass is 79.9. The first kappa shape index (κ1) is 12.4. The quantitative estimate of drug-likeness (QED) is 0.918. The van der Waals surface area contributed by atoms with Gasteiger partial charge in [-0.3, -0.25) is 0 Å². The van der Waals surface area contributed by atoms with Crippen molar-refractivity contribution < 1.29 is 18.6 Å². The summed E-state index contributed by atoms with van der Waals surface area (Å²) in [7, 11) is 0. The van der Waals surface area contributed by atoms with Gasteiger partial charge in [0, 0.05) is 12.5 Å². The Morgan fingerprint density at radius 2 is 2.13 bits per heavy atom. The summed E-state index contributed by atoms with van der Waals surface area (Å²) in [5.41, 5.74) is 0.635. The second-order valence-corrected chi connectivity index (χ2v) is 3.71. The standard InChI is InChI=1S/C10H10BrF2O2/c1-6(5-14)7-3-2-4-8(9(7)11)15-10(12)13/h2-4,6,10,14H,1,5H2. The molecule has 5 heteroatoms. The van der Waals surface area contributed by atoms with Gasteiger partial charge in [0.2, 0.25) is 0 Å². The van der Waals surface area contributed by atoms with Crippen LogP contribution in [0.4, 0.5) is 8.78 Å². The molecule has 1 unspecified atom stereocenters. The second-order valence-electron chi connectivity index (χ2n) is 2.92. The van der Waals surface area contributed by atoms with Crippen molar-refractivity contribution in [2.45, 2.75) is 12.5 Å². The molecule has 0 aromatic heterocycles. The summed E-state index contributed by atoms with van der Waals surface area (Å²) in [6.07, 6.45) is 0. The SMILES string of the molecule is [CH2]C(CO)c1cccc(OC(F)F)c1Br. The molecule has 1 N–H and O–H groups in total. The van der Waals surface area contributed by atoms with E-state index in [0.717, 1.165) is 0 Å². The fourth-order valence-electron chi connectivity index (χ4n) is 1.13. The average Bonchev–Trinajstić information content (AvgIpc) is 2.19. The minimum Gasteiger partial charge on any atom is -0.434 e. The van der Waals surface area contributed by atoms with Crippen LogP contribution < -0.4 is 4.74 Å². The highest BCUT2D eigenvalue weighted by molar-refractivity contribution is 9.10. The van der Waals surface area contributed by atoms with Crippen LogP contribution in [0.1, 0.15) is 11.5 Å². The van der Waals surface area contributed by atoms with Gasteiger partial charge in [0.05, 0.1) is 4.47 Å². The van der Waals surface area contributed by atoms with Crippen LogP contribution in [0.15, 0.2) is 22.7 Å². The topological polar surface area (TPSA) is 29.5 Å². The smallest absolute Gasteiger partial charge is 0.387 e. The number of hydrogen-bond acceptors (Lipinski definition) is 2. The van der Waals surface area contributed by atoms with Crippen molar-refractivity contribution in [3.63, 3.8) is 0 Å². The number of aliphatic hydroxyl groups is 1. The predicted octanol–water partition coefficient (Wildman–Crippen LogP) is 2.96. The molecule has 1 atom stereocenters. The van der Waals surface area contributed by atoms with E-state index in [4.69, 9.17) is 5.11 Å². The summed E-state index contributed by atoms with van der Waals surface area (Å²) in [5, 5.41) is 8.91. The van der Waals surface area contributed by atoms with Crippen molar-refractivity contribution in [2.75, 3.05) is 6.61 Å². The van der Waals surface area contributed by atoms with E-state index in [2.05, 4.69) is 27.6 Å². The van der Waals surface area contributed by atoms with Crippen LogP contribution in [0.25, 0.3) is 0 Å². The molecule has 15 heavy (non-hydrogen) atoms. The van der Waals surface area contributed by atoms with Gasteiger partial charge in [0.25, 0.3) is 0 Å². The lowest BCUT2D eigenvalue weighted by molar-refractivity contribution is -0.0504. The van der Waals surface area contributed by atoms with Crippen molar-refractivity contribution in [3.05, 3.63) is 35.2 Å². The second kappa shape index (κ2) is 5.42. The van der Waals surface area contributed by atoms with E-state index in [1.54, 1.807) is 12.1 Å². The minimum atomic E-state index is -2.87. The van der Waals surface area contributed by atoms with E-state index in [-0.39, 0.29) is 18.3 Å². The van der Waals surface area contributed by atoms with E-state index < -0.39 is 6.61 Å². The molecule has 0 saturated heterocycles. The van der Waals surface area contributed by atoms with Crippen molar-refractivity contribution in [1.29, 1.82) is 0 Å². The van der Waals surface area contributed by atoms with Crippen LogP contribution in [0.2, 0.25) is 0 Å². The molecule has 0 aliphatic rings.